The van der Waals surface area contributed by atoms with Crippen molar-refractivity contribution >= 4 is 18.4 Å². The van der Waals surface area contributed by atoms with E-state index < -0.39 is 0 Å². The van der Waals surface area contributed by atoms with Gasteiger partial charge in [0.15, 0.2) is 0 Å². The maximum absolute atomic E-state index is 11.4. The Morgan fingerprint density at radius 3 is 2.50 bits per heavy atom. The smallest absolute Gasteiger partial charge is 0.327 e. The Labute approximate surface area is 90.7 Å². The highest BCUT2D eigenvalue weighted by atomic mass is 35.5. The summed E-state index contributed by atoms with van der Waals surface area (Å²) >= 11 is 0. The molecule has 0 aromatic carbocycles. The molecule has 14 heavy (non-hydrogen) atoms. The topological polar surface area (TPSA) is 47.6 Å². The van der Waals surface area contributed by atoms with Gasteiger partial charge in [0.1, 0.15) is 0 Å². The average Bonchev–Trinajstić information content (AvgIpc) is 2.15. The van der Waals surface area contributed by atoms with Crippen LogP contribution < -0.4 is 5.48 Å². The van der Waals surface area contributed by atoms with Crippen LogP contribution in [0.4, 0.5) is 0 Å². The van der Waals surface area contributed by atoms with Crippen molar-refractivity contribution in [2.45, 2.75) is 32.7 Å². The van der Waals surface area contributed by atoms with Crippen molar-refractivity contribution in [3.63, 3.8) is 0 Å². The van der Waals surface area contributed by atoms with Gasteiger partial charge in [-0.3, -0.25) is 4.79 Å². The van der Waals surface area contributed by atoms with Crippen LogP contribution in [0.25, 0.3) is 0 Å². The highest BCUT2D eigenvalue weighted by molar-refractivity contribution is 5.85. The highest BCUT2D eigenvalue weighted by Gasteiger charge is 2.23. The zero-order valence-corrected chi connectivity index (χ0v) is 9.43. The van der Waals surface area contributed by atoms with E-state index in [9.17, 15) is 4.79 Å². The second kappa shape index (κ2) is 7.04. The number of halogens is 1. The Morgan fingerprint density at radius 2 is 2.00 bits per heavy atom. The van der Waals surface area contributed by atoms with Crippen molar-refractivity contribution in [1.29, 1.82) is 0 Å². The third kappa shape index (κ3) is 4.79. The molecule has 0 radical (unpaired) electrons. The molecule has 1 N–H and O–H groups in total. The summed E-state index contributed by atoms with van der Waals surface area (Å²) in [4.78, 5) is 16.3. The summed E-state index contributed by atoms with van der Waals surface area (Å²) < 4.78 is 5.15. The van der Waals surface area contributed by atoms with E-state index in [0.717, 1.165) is 12.8 Å². The molecule has 0 saturated carbocycles. The number of hydroxylamine groups is 1. The fraction of sp³-hybridized carbons (Fsp3) is 0.889. The monoisotopic (exact) mass is 223 g/mol. The van der Waals surface area contributed by atoms with E-state index in [0.29, 0.717) is 13.2 Å². The van der Waals surface area contributed by atoms with E-state index in [1.807, 2.05) is 13.8 Å². The molecule has 1 aliphatic heterocycles. The lowest BCUT2D eigenvalue weighted by atomic mass is 10.0. The molecule has 1 aliphatic rings. The fourth-order valence-electron chi connectivity index (χ4n) is 1.19. The number of hydrogen-bond acceptors (Lipinski definition) is 4. The SMILES string of the molecule is CC(C)NOC(=O)C1CCOCC1.Cl. The van der Waals surface area contributed by atoms with Gasteiger partial charge in [-0.05, 0) is 26.7 Å². The first-order valence-corrected chi connectivity index (χ1v) is 4.74. The average molecular weight is 224 g/mol. The Balaban J connectivity index is 0.00000169. The third-order valence-electron chi connectivity index (χ3n) is 1.95. The predicted octanol–water partition coefficient (Wildman–Crippen LogP) is 1.29. The number of carbonyl (C=O) groups is 1. The lowest BCUT2D eigenvalue weighted by molar-refractivity contribution is -0.160. The molecular formula is C9H18ClNO3. The maximum atomic E-state index is 11.4. The molecule has 0 aliphatic carbocycles. The van der Waals surface area contributed by atoms with Gasteiger partial charge in [0, 0.05) is 19.3 Å². The molecule has 0 aromatic heterocycles. The van der Waals surface area contributed by atoms with E-state index in [1.165, 1.54) is 0 Å². The van der Waals surface area contributed by atoms with Crippen molar-refractivity contribution in [1.82, 2.24) is 5.48 Å². The number of ether oxygens (including phenoxy) is 1. The predicted molar refractivity (Wildman–Crippen MR) is 55.2 cm³/mol. The molecule has 5 heteroatoms. The van der Waals surface area contributed by atoms with Gasteiger partial charge in [-0.1, -0.05) is 0 Å². The summed E-state index contributed by atoms with van der Waals surface area (Å²) in [7, 11) is 0. The first-order chi connectivity index (χ1) is 6.20. The first kappa shape index (κ1) is 13.7. The van der Waals surface area contributed by atoms with E-state index >= 15 is 0 Å². The van der Waals surface area contributed by atoms with Gasteiger partial charge in [0.05, 0.1) is 5.92 Å². The summed E-state index contributed by atoms with van der Waals surface area (Å²) in [6.45, 7) is 5.19. The van der Waals surface area contributed by atoms with Crippen LogP contribution in [-0.2, 0) is 14.4 Å². The van der Waals surface area contributed by atoms with Gasteiger partial charge >= 0.3 is 5.97 Å². The molecule has 0 bridgehead atoms. The minimum Gasteiger partial charge on any atom is -0.381 e. The lowest BCUT2D eigenvalue weighted by Crippen LogP contribution is -2.32. The van der Waals surface area contributed by atoms with Gasteiger partial charge in [-0.25, -0.2) is 0 Å². The van der Waals surface area contributed by atoms with Crippen LogP contribution in [0.2, 0.25) is 0 Å². The number of nitrogens with one attached hydrogen (secondary N) is 1. The van der Waals surface area contributed by atoms with Crippen molar-refractivity contribution in [3.05, 3.63) is 0 Å². The maximum Gasteiger partial charge on any atom is 0.327 e. The van der Waals surface area contributed by atoms with Gasteiger partial charge in [0.25, 0.3) is 0 Å². The molecule has 84 valence electrons. The van der Waals surface area contributed by atoms with Crippen LogP contribution in [0.15, 0.2) is 0 Å². The summed E-state index contributed by atoms with van der Waals surface area (Å²) in [5.41, 5.74) is 2.65. The van der Waals surface area contributed by atoms with Crippen LogP contribution >= 0.6 is 12.4 Å². The zero-order valence-electron chi connectivity index (χ0n) is 8.62. The molecule has 1 fully saturated rings. The largest absolute Gasteiger partial charge is 0.381 e. The highest BCUT2D eigenvalue weighted by Crippen LogP contribution is 2.15. The van der Waals surface area contributed by atoms with Gasteiger partial charge < -0.3 is 9.57 Å². The fourth-order valence-corrected chi connectivity index (χ4v) is 1.19. The van der Waals surface area contributed by atoms with Gasteiger partial charge in [0.2, 0.25) is 0 Å². The zero-order chi connectivity index (χ0) is 9.68. The molecule has 4 nitrogen and oxygen atoms in total. The first-order valence-electron chi connectivity index (χ1n) is 4.74. The minimum atomic E-state index is -0.156. The van der Waals surface area contributed by atoms with Crippen LogP contribution in [0, 0.1) is 5.92 Å². The van der Waals surface area contributed by atoms with Crippen molar-refractivity contribution in [2.75, 3.05) is 13.2 Å². The second-order valence-electron chi connectivity index (χ2n) is 3.58. The molecule has 0 atom stereocenters. The number of rotatable bonds is 3. The summed E-state index contributed by atoms with van der Waals surface area (Å²) in [5.74, 6) is -0.142. The van der Waals surface area contributed by atoms with Crippen molar-refractivity contribution in [3.8, 4) is 0 Å². The third-order valence-corrected chi connectivity index (χ3v) is 1.95. The molecule has 0 spiro atoms. The van der Waals surface area contributed by atoms with E-state index in [4.69, 9.17) is 9.57 Å². The number of carbonyl (C=O) groups excluding carboxylic acids is 1. The molecule has 0 unspecified atom stereocenters. The summed E-state index contributed by atoms with van der Waals surface area (Å²) in [5, 5.41) is 0. The Hall–Kier alpha value is -0.320. The van der Waals surface area contributed by atoms with Crippen LogP contribution in [0.3, 0.4) is 0 Å². The molecule has 1 rings (SSSR count). The Bertz CT molecular complexity index is 169. The van der Waals surface area contributed by atoms with Gasteiger partial charge in [-0.15, -0.1) is 12.4 Å². The normalized spacial score (nSPS) is 17.6. The van der Waals surface area contributed by atoms with E-state index in [1.54, 1.807) is 0 Å². The minimum absolute atomic E-state index is 0. The van der Waals surface area contributed by atoms with Gasteiger partial charge in [-0.2, -0.15) is 5.48 Å². The second-order valence-corrected chi connectivity index (χ2v) is 3.58. The quantitative estimate of drug-likeness (QED) is 0.733. The van der Waals surface area contributed by atoms with Crippen molar-refractivity contribution in [2.24, 2.45) is 5.92 Å². The van der Waals surface area contributed by atoms with E-state index in [2.05, 4.69) is 5.48 Å². The van der Waals surface area contributed by atoms with Crippen LogP contribution in [0.1, 0.15) is 26.7 Å². The molecule has 1 saturated heterocycles. The molecule has 0 aromatic rings. The molecule has 0 amide bonds. The molecular weight excluding hydrogens is 206 g/mol. The Kier molecular flexibility index (Phi) is 6.87. The number of hydrogen-bond donors (Lipinski definition) is 1. The van der Waals surface area contributed by atoms with Crippen molar-refractivity contribution < 1.29 is 14.4 Å². The lowest BCUT2D eigenvalue weighted by Gasteiger charge is -2.20. The standard InChI is InChI=1S/C9H17NO3.ClH/c1-7(2)10-13-9(11)8-3-5-12-6-4-8;/h7-8,10H,3-6H2,1-2H3;1H. The summed E-state index contributed by atoms with van der Waals surface area (Å²) in [6.07, 6.45) is 1.55. The van der Waals surface area contributed by atoms with Crippen LogP contribution in [0.5, 0.6) is 0 Å². The Morgan fingerprint density at radius 1 is 1.43 bits per heavy atom. The summed E-state index contributed by atoms with van der Waals surface area (Å²) in [6, 6.07) is 0.170. The van der Waals surface area contributed by atoms with Crippen LogP contribution in [-0.4, -0.2) is 25.2 Å². The molecule has 1 heterocycles. The van der Waals surface area contributed by atoms with E-state index in [-0.39, 0.29) is 30.3 Å².